The predicted octanol–water partition coefficient (Wildman–Crippen LogP) is 12.6. The second kappa shape index (κ2) is 37.7. The summed E-state index contributed by atoms with van der Waals surface area (Å²) in [6, 6.07) is 0. The first kappa shape index (κ1) is 56.2. The molecule has 61 heavy (non-hydrogen) atoms. The number of likely N-dealkylation sites (N-methyl/N-ethyl adjacent to an activating group) is 1. The predicted molar refractivity (Wildman–Crippen MR) is 251 cm³/mol. The summed E-state index contributed by atoms with van der Waals surface area (Å²) in [5, 5.41) is 0. The molecule has 1 aliphatic rings. The second-order valence-corrected chi connectivity index (χ2v) is 18.3. The Labute approximate surface area is 371 Å². The highest BCUT2D eigenvalue weighted by Crippen LogP contribution is 2.43. The van der Waals surface area contributed by atoms with E-state index in [2.05, 4.69) is 98.9 Å². The van der Waals surface area contributed by atoms with Gasteiger partial charge in [0.15, 0.2) is 6.10 Å². The van der Waals surface area contributed by atoms with Crippen LogP contribution in [0.15, 0.2) is 85.1 Å². The number of quaternary nitrogens is 1. The molecule has 348 valence electrons. The minimum atomic E-state index is -4.41. The Hall–Kier alpha value is -2.85. The number of hydrogen-bond acceptors (Lipinski definition) is 8. The van der Waals surface area contributed by atoms with Crippen molar-refractivity contribution in [1.82, 2.24) is 0 Å². The molecule has 0 bridgehead atoms. The Morgan fingerprint density at radius 1 is 0.607 bits per heavy atom. The highest BCUT2D eigenvalue weighted by Gasteiger charge is 2.36. The molecule has 1 heterocycles. The van der Waals surface area contributed by atoms with Crippen LogP contribution in [0.25, 0.3) is 0 Å². The first-order chi connectivity index (χ1) is 29.5. The molecule has 11 heteroatoms. The van der Waals surface area contributed by atoms with Crippen LogP contribution in [0.5, 0.6) is 0 Å². The summed E-state index contributed by atoms with van der Waals surface area (Å²) in [5.41, 5.74) is 0. The van der Waals surface area contributed by atoms with E-state index in [1.165, 1.54) is 51.4 Å². The molecule has 3 unspecified atom stereocenters. The number of hydrogen-bond donors (Lipinski definition) is 1. The fraction of sp³-hybridized carbons (Fsp3) is 0.680. The molecule has 10 nitrogen and oxygen atoms in total. The van der Waals surface area contributed by atoms with Crippen LogP contribution in [0.1, 0.15) is 155 Å². The Morgan fingerprint density at radius 2 is 1.11 bits per heavy atom. The van der Waals surface area contributed by atoms with Gasteiger partial charge in [-0.15, -0.1) is 0 Å². The van der Waals surface area contributed by atoms with Gasteiger partial charge < -0.3 is 23.6 Å². The van der Waals surface area contributed by atoms with Gasteiger partial charge in [-0.05, 0) is 89.9 Å². The van der Waals surface area contributed by atoms with Crippen LogP contribution < -0.4 is 0 Å². The van der Waals surface area contributed by atoms with Crippen LogP contribution in [0.2, 0.25) is 0 Å². The summed E-state index contributed by atoms with van der Waals surface area (Å²) in [6.45, 7) is 4.23. The van der Waals surface area contributed by atoms with Crippen molar-refractivity contribution in [2.45, 2.75) is 173 Å². The van der Waals surface area contributed by atoms with Crippen molar-refractivity contribution < 1.29 is 46.8 Å². The smallest absolute Gasteiger partial charge is 0.462 e. The molecule has 1 N–H and O–H groups in total. The molecule has 0 aromatic heterocycles. The summed E-state index contributed by atoms with van der Waals surface area (Å²) in [4.78, 5) is 35.4. The molecule has 0 aliphatic carbocycles. The molecule has 0 aromatic carbocycles. The van der Waals surface area contributed by atoms with Crippen molar-refractivity contribution in [3.63, 3.8) is 0 Å². The average molecular weight is 875 g/mol. The number of esters is 2. The van der Waals surface area contributed by atoms with E-state index in [9.17, 15) is 19.0 Å². The van der Waals surface area contributed by atoms with E-state index < -0.39 is 32.5 Å². The fourth-order valence-electron chi connectivity index (χ4n) is 6.02. The van der Waals surface area contributed by atoms with Gasteiger partial charge in [0.1, 0.15) is 19.8 Å². The van der Waals surface area contributed by atoms with Gasteiger partial charge in [-0.3, -0.25) is 18.6 Å². The molecule has 1 fully saturated rings. The van der Waals surface area contributed by atoms with Crippen molar-refractivity contribution in [2.24, 2.45) is 0 Å². The van der Waals surface area contributed by atoms with Gasteiger partial charge in [0.25, 0.3) is 0 Å². The molecule has 0 spiro atoms. The summed E-state index contributed by atoms with van der Waals surface area (Å²) in [5.74, 6) is -0.913. The minimum Gasteiger partial charge on any atom is -0.462 e. The minimum absolute atomic E-state index is 0.00999. The van der Waals surface area contributed by atoms with Crippen molar-refractivity contribution >= 4 is 19.8 Å². The van der Waals surface area contributed by atoms with E-state index in [0.29, 0.717) is 36.1 Å². The zero-order valence-electron chi connectivity index (χ0n) is 38.8. The van der Waals surface area contributed by atoms with Crippen molar-refractivity contribution in [2.75, 3.05) is 47.5 Å². The fourth-order valence-corrected chi connectivity index (χ4v) is 6.76. The lowest BCUT2D eigenvalue weighted by molar-refractivity contribution is -0.870. The number of epoxide rings is 1. The van der Waals surface area contributed by atoms with Crippen LogP contribution >= 0.6 is 7.82 Å². The van der Waals surface area contributed by atoms with Crippen molar-refractivity contribution in [1.29, 1.82) is 0 Å². The van der Waals surface area contributed by atoms with Gasteiger partial charge in [0.05, 0.1) is 40.0 Å². The average Bonchev–Trinajstić information content (AvgIpc) is 3.97. The molecule has 0 aromatic rings. The van der Waals surface area contributed by atoms with Crippen molar-refractivity contribution in [3.8, 4) is 0 Å². The van der Waals surface area contributed by atoms with Gasteiger partial charge in [-0.1, -0.05) is 137 Å². The van der Waals surface area contributed by atoms with Crippen LogP contribution in [-0.4, -0.2) is 87.1 Å². The lowest BCUT2D eigenvalue weighted by Crippen LogP contribution is -2.37. The largest absolute Gasteiger partial charge is 0.472 e. The number of carbonyl (C=O) groups excluding carboxylic acids is 2. The van der Waals surface area contributed by atoms with E-state index >= 15 is 0 Å². The molecular formula is C50H85NO9P+. The lowest BCUT2D eigenvalue weighted by atomic mass is 10.1. The van der Waals surface area contributed by atoms with Crippen LogP contribution in [0.4, 0.5) is 0 Å². The molecule has 1 saturated heterocycles. The Balaban J connectivity index is 2.33. The summed E-state index contributed by atoms with van der Waals surface area (Å²) in [7, 11) is 1.40. The third-order valence-electron chi connectivity index (χ3n) is 9.82. The zero-order chi connectivity index (χ0) is 44.7. The van der Waals surface area contributed by atoms with Gasteiger partial charge in [0, 0.05) is 12.8 Å². The SMILES string of the molecule is CCCCC/C=C\C/C=C\C/C=C\C/C=C\CCCCCC(=O)O[C@H](COC(=O)CCC/C=C\C/C=C\C/C=C\CC1OC1CCCCC)COP(=O)(O)OCC[N+](C)(C)C. The summed E-state index contributed by atoms with van der Waals surface area (Å²) >= 11 is 0. The maximum absolute atomic E-state index is 12.7. The Kier molecular flexibility index (Phi) is 34.7. The van der Waals surface area contributed by atoms with Gasteiger partial charge in [-0.2, -0.15) is 0 Å². The standard InChI is InChI=1S/C50H84NO9P/c1-6-8-10-11-12-13-14-15-16-17-18-19-20-21-22-27-30-33-37-41-50(53)59-46(45-58-61(54,55)57-43-42-51(3,4)5)44-56-49(52)40-36-32-29-26-24-23-25-28-31-35-39-48-47(60-48)38-34-9-7-2/h12-13,15-16,18-19,21-23,25-26,29,31,35,46-48H,6-11,14,17,20,24,27-28,30,32-34,36-45H2,1-5H3/p+1/b13-12-,16-15-,19-18-,22-21-,25-23-,29-26-,35-31-/t46-,47?,48?/m1/s1. The van der Waals surface area contributed by atoms with Gasteiger partial charge in [0.2, 0.25) is 0 Å². The number of allylic oxidation sites excluding steroid dienone is 13. The second-order valence-electron chi connectivity index (χ2n) is 16.8. The summed E-state index contributed by atoms with van der Waals surface area (Å²) < 4.78 is 40.0. The van der Waals surface area contributed by atoms with Crippen LogP contribution in [-0.2, 0) is 37.4 Å². The van der Waals surface area contributed by atoms with Gasteiger partial charge in [-0.25, -0.2) is 4.57 Å². The van der Waals surface area contributed by atoms with Gasteiger partial charge >= 0.3 is 19.8 Å². The first-order valence-electron chi connectivity index (χ1n) is 23.4. The van der Waals surface area contributed by atoms with E-state index in [-0.39, 0.29) is 26.1 Å². The van der Waals surface area contributed by atoms with E-state index in [1.807, 2.05) is 21.1 Å². The lowest BCUT2D eigenvalue weighted by Gasteiger charge is -2.24. The highest BCUT2D eigenvalue weighted by molar-refractivity contribution is 7.47. The van der Waals surface area contributed by atoms with E-state index in [0.717, 1.165) is 64.2 Å². The normalized spacial score (nSPS) is 17.6. The molecule has 0 amide bonds. The molecule has 0 saturated carbocycles. The molecule has 0 radical (unpaired) electrons. The number of unbranched alkanes of at least 4 members (excludes halogenated alkanes) is 9. The topological polar surface area (TPSA) is 121 Å². The third-order valence-corrected chi connectivity index (χ3v) is 10.8. The Bertz CT molecular complexity index is 1380. The molecule has 1 aliphatic heterocycles. The first-order valence-corrected chi connectivity index (χ1v) is 24.9. The maximum Gasteiger partial charge on any atom is 0.472 e. The Morgan fingerprint density at radius 3 is 1.69 bits per heavy atom. The van der Waals surface area contributed by atoms with E-state index in [4.69, 9.17) is 23.3 Å². The zero-order valence-corrected chi connectivity index (χ0v) is 39.7. The quantitative estimate of drug-likeness (QED) is 0.0160. The number of nitrogens with zero attached hydrogens (tertiary/aromatic N) is 1. The number of ether oxygens (including phenoxy) is 3. The maximum atomic E-state index is 12.7. The number of carbonyl (C=O) groups is 2. The van der Waals surface area contributed by atoms with Crippen molar-refractivity contribution in [3.05, 3.63) is 85.1 Å². The number of rotatable bonds is 40. The number of phosphoric ester groups is 1. The molecule has 4 atom stereocenters. The number of phosphoric acid groups is 1. The molecule has 1 rings (SSSR count). The summed E-state index contributed by atoms with van der Waals surface area (Å²) in [6.07, 6.45) is 51.0. The molecular weight excluding hydrogens is 790 g/mol. The van der Waals surface area contributed by atoms with Crippen LogP contribution in [0.3, 0.4) is 0 Å². The highest BCUT2D eigenvalue weighted by atomic mass is 31.2. The van der Waals surface area contributed by atoms with Crippen LogP contribution in [0, 0.1) is 0 Å². The van der Waals surface area contributed by atoms with E-state index in [1.54, 1.807) is 0 Å². The third kappa shape index (κ3) is 38.5. The monoisotopic (exact) mass is 875 g/mol.